The highest BCUT2D eigenvalue weighted by Gasteiger charge is 2.33. The predicted molar refractivity (Wildman–Crippen MR) is 100 cm³/mol. The van der Waals surface area contributed by atoms with E-state index >= 15 is 0 Å². The molecule has 1 N–H and O–H groups in total. The van der Waals surface area contributed by atoms with Crippen LogP contribution < -0.4 is 5.32 Å². The molecule has 0 radical (unpaired) electrons. The Morgan fingerprint density at radius 1 is 1.38 bits per heavy atom. The molecule has 7 nitrogen and oxygen atoms in total. The molecule has 0 saturated carbocycles. The minimum Gasteiger partial charge on any atom is -0.468 e. The molecule has 0 aromatic carbocycles. The van der Waals surface area contributed by atoms with Gasteiger partial charge in [0.1, 0.15) is 5.76 Å². The molecule has 142 valence electrons. The summed E-state index contributed by atoms with van der Waals surface area (Å²) in [5, 5.41) is 7.59. The summed E-state index contributed by atoms with van der Waals surface area (Å²) in [6, 6.07) is 6.24. The molecule has 1 aliphatic rings. The van der Waals surface area contributed by atoms with Crippen LogP contribution in [0.2, 0.25) is 0 Å². The van der Waals surface area contributed by atoms with Crippen molar-refractivity contribution < 1.29 is 9.21 Å². The van der Waals surface area contributed by atoms with E-state index in [0.29, 0.717) is 19.6 Å². The molecule has 2 amide bonds. The summed E-state index contributed by atoms with van der Waals surface area (Å²) in [4.78, 5) is 16.6. The molecule has 7 heteroatoms. The van der Waals surface area contributed by atoms with Crippen molar-refractivity contribution in [2.75, 3.05) is 32.7 Å². The SMILES string of the molecule is CCN(CC)[C@H](CNC(=O)N1CC(n2nc(C)cc2C)C1)c1ccco1. The summed E-state index contributed by atoms with van der Waals surface area (Å²) in [5.74, 6) is 0.887. The van der Waals surface area contributed by atoms with E-state index in [9.17, 15) is 4.79 Å². The first-order valence-corrected chi connectivity index (χ1v) is 9.36. The van der Waals surface area contributed by atoms with E-state index in [2.05, 4.69) is 42.2 Å². The minimum absolute atomic E-state index is 0.0218. The standard InChI is InChI=1S/C19H29N5O2/c1-5-22(6-2)17(18-8-7-9-26-18)11-20-19(25)23-12-16(13-23)24-15(4)10-14(3)21-24/h7-10,16-17H,5-6,11-13H2,1-4H3,(H,20,25)/t17-/m1/s1. The van der Waals surface area contributed by atoms with E-state index in [1.807, 2.05) is 28.6 Å². The largest absolute Gasteiger partial charge is 0.468 e. The zero-order valence-electron chi connectivity index (χ0n) is 16.1. The molecule has 2 aromatic rings. The minimum atomic E-state index is -0.0218. The quantitative estimate of drug-likeness (QED) is 0.825. The van der Waals surface area contributed by atoms with Gasteiger partial charge in [0.25, 0.3) is 0 Å². The van der Waals surface area contributed by atoms with Crippen LogP contribution in [0.4, 0.5) is 4.79 Å². The van der Waals surface area contributed by atoms with Crippen molar-refractivity contribution in [3.05, 3.63) is 41.6 Å². The lowest BCUT2D eigenvalue weighted by Gasteiger charge is -2.40. The van der Waals surface area contributed by atoms with E-state index in [1.165, 1.54) is 0 Å². The molecule has 1 fully saturated rings. The molecule has 1 saturated heterocycles. The number of hydrogen-bond donors (Lipinski definition) is 1. The summed E-state index contributed by atoms with van der Waals surface area (Å²) in [7, 11) is 0. The number of carbonyl (C=O) groups is 1. The first-order chi connectivity index (χ1) is 12.5. The monoisotopic (exact) mass is 359 g/mol. The van der Waals surface area contributed by atoms with Crippen LogP contribution in [-0.2, 0) is 0 Å². The third kappa shape index (κ3) is 3.77. The maximum absolute atomic E-state index is 12.5. The average Bonchev–Trinajstić information content (AvgIpc) is 3.20. The van der Waals surface area contributed by atoms with Gasteiger partial charge in [-0.25, -0.2) is 4.79 Å². The van der Waals surface area contributed by atoms with Crippen molar-refractivity contribution in [1.29, 1.82) is 0 Å². The van der Waals surface area contributed by atoms with Gasteiger partial charge in [-0.1, -0.05) is 13.8 Å². The van der Waals surface area contributed by atoms with Crippen LogP contribution in [0.3, 0.4) is 0 Å². The topological polar surface area (TPSA) is 66.5 Å². The fourth-order valence-electron chi connectivity index (χ4n) is 3.64. The number of carbonyl (C=O) groups excluding carboxylic acids is 1. The highest BCUT2D eigenvalue weighted by Crippen LogP contribution is 2.24. The molecule has 0 unspecified atom stereocenters. The Bertz CT molecular complexity index is 714. The normalized spacial score (nSPS) is 16.0. The van der Waals surface area contributed by atoms with Crippen LogP contribution in [0.1, 0.15) is 43.1 Å². The lowest BCUT2D eigenvalue weighted by atomic mass is 10.1. The van der Waals surface area contributed by atoms with Gasteiger partial charge in [0, 0.05) is 25.3 Å². The van der Waals surface area contributed by atoms with Crippen LogP contribution in [0.25, 0.3) is 0 Å². The predicted octanol–water partition coefficient (Wildman–Crippen LogP) is 2.74. The summed E-state index contributed by atoms with van der Waals surface area (Å²) >= 11 is 0. The Hall–Kier alpha value is -2.28. The van der Waals surface area contributed by atoms with Crippen molar-refractivity contribution >= 4 is 6.03 Å². The zero-order chi connectivity index (χ0) is 18.7. The summed E-state index contributed by atoms with van der Waals surface area (Å²) in [6.07, 6.45) is 1.68. The highest BCUT2D eigenvalue weighted by molar-refractivity contribution is 5.75. The van der Waals surface area contributed by atoms with Crippen molar-refractivity contribution in [2.45, 2.75) is 39.8 Å². The first-order valence-electron chi connectivity index (χ1n) is 9.36. The van der Waals surface area contributed by atoms with E-state index in [0.717, 1.165) is 30.2 Å². The molecule has 3 rings (SSSR count). The van der Waals surface area contributed by atoms with E-state index in [1.54, 1.807) is 6.26 Å². The smallest absolute Gasteiger partial charge is 0.317 e. The number of likely N-dealkylation sites (N-methyl/N-ethyl adjacent to an activating group) is 1. The van der Waals surface area contributed by atoms with Crippen molar-refractivity contribution in [3.8, 4) is 0 Å². The third-order valence-corrected chi connectivity index (χ3v) is 5.11. The fourth-order valence-corrected chi connectivity index (χ4v) is 3.64. The second-order valence-electron chi connectivity index (χ2n) is 6.87. The maximum atomic E-state index is 12.5. The van der Waals surface area contributed by atoms with Gasteiger partial charge in [0.2, 0.25) is 0 Å². The number of furan rings is 1. The second kappa shape index (κ2) is 7.95. The third-order valence-electron chi connectivity index (χ3n) is 5.11. The van der Waals surface area contributed by atoms with E-state index < -0.39 is 0 Å². The Kier molecular flexibility index (Phi) is 5.66. The van der Waals surface area contributed by atoms with Crippen molar-refractivity contribution in [1.82, 2.24) is 24.9 Å². The van der Waals surface area contributed by atoms with Crippen molar-refractivity contribution in [2.24, 2.45) is 0 Å². The van der Waals surface area contributed by atoms with Gasteiger partial charge in [-0.05, 0) is 45.1 Å². The van der Waals surface area contributed by atoms with Crippen LogP contribution in [-0.4, -0.2) is 58.3 Å². The molecule has 3 heterocycles. The molecule has 26 heavy (non-hydrogen) atoms. The van der Waals surface area contributed by atoms with Gasteiger partial charge >= 0.3 is 6.03 Å². The van der Waals surface area contributed by atoms with E-state index in [-0.39, 0.29) is 18.1 Å². The van der Waals surface area contributed by atoms with Gasteiger partial charge in [-0.2, -0.15) is 5.10 Å². The number of hydrogen-bond acceptors (Lipinski definition) is 4. The molecule has 1 atom stereocenters. The average molecular weight is 359 g/mol. The number of rotatable bonds is 7. The number of urea groups is 1. The first kappa shape index (κ1) is 18.5. The lowest BCUT2D eigenvalue weighted by molar-refractivity contribution is 0.113. The van der Waals surface area contributed by atoms with Crippen LogP contribution in [0, 0.1) is 13.8 Å². The van der Waals surface area contributed by atoms with Gasteiger partial charge in [-0.3, -0.25) is 9.58 Å². The number of nitrogens with one attached hydrogen (secondary N) is 1. The van der Waals surface area contributed by atoms with Gasteiger partial charge in [-0.15, -0.1) is 0 Å². The summed E-state index contributed by atoms with van der Waals surface area (Å²) in [5.41, 5.74) is 2.16. The van der Waals surface area contributed by atoms with Crippen LogP contribution in [0.15, 0.2) is 28.9 Å². The molecule has 0 spiro atoms. The Morgan fingerprint density at radius 2 is 2.12 bits per heavy atom. The second-order valence-corrected chi connectivity index (χ2v) is 6.87. The van der Waals surface area contributed by atoms with Crippen molar-refractivity contribution in [3.63, 3.8) is 0 Å². The van der Waals surface area contributed by atoms with Gasteiger partial charge < -0.3 is 14.6 Å². The summed E-state index contributed by atoms with van der Waals surface area (Å²) in [6.45, 7) is 12.0. The maximum Gasteiger partial charge on any atom is 0.317 e. The fraction of sp³-hybridized carbons (Fsp3) is 0.579. The molecular formula is C19H29N5O2. The zero-order valence-corrected chi connectivity index (χ0v) is 16.1. The molecule has 1 aliphatic heterocycles. The Labute approximate surface area is 154 Å². The molecule has 2 aromatic heterocycles. The lowest BCUT2D eigenvalue weighted by Crippen LogP contribution is -2.55. The van der Waals surface area contributed by atoms with Gasteiger partial charge in [0.05, 0.1) is 24.0 Å². The van der Waals surface area contributed by atoms with Gasteiger partial charge in [0.15, 0.2) is 0 Å². The highest BCUT2D eigenvalue weighted by atomic mass is 16.3. The molecule has 0 aliphatic carbocycles. The van der Waals surface area contributed by atoms with Crippen LogP contribution in [0.5, 0.6) is 0 Å². The summed E-state index contributed by atoms with van der Waals surface area (Å²) < 4.78 is 7.61. The molecule has 0 bridgehead atoms. The number of likely N-dealkylation sites (tertiary alicyclic amines) is 1. The Morgan fingerprint density at radius 3 is 2.65 bits per heavy atom. The van der Waals surface area contributed by atoms with E-state index in [4.69, 9.17) is 4.42 Å². The number of aromatic nitrogens is 2. The Balaban J connectivity index is 1.54. The van der Waals surface area contributed by atoms with Crippen LogP contribution >= 0.6 is 0 Å². The number of aryl methyl sites for hydroxylation is 2. The molecular weight excluding hydrogens is 330 g/mol. The number of nitrogens with zero attached hydrogens (tertiary/aromatic N) is 4. The number of amides is 2.